The second kappa shape index (κ2) is 7.46. The van der Waals surface area contributed by atoms with Gasteiger partial charge in [0.05, 0.1) is 36.1 Å². The predicted molar refractivity (Wildman–Crippen MR) is 104 cm³/mol. The number of nitrogens with one attached hydrogen (secondary N) is 2. The number of ether oxygens (including phenoxy) is 1. The molecule has 0 aliphatic carbocycles. The van der Waals surface area contributed by atoms with E-state index in [1.54, 1.807) is 0 Å². The van der Waals surface area contributed by atoms with E-state index in [9.17, 15) is 37.7 Å². The Hall–Kier alpha value is -3.10. The largest absolute Gasteiger partial charge is 0.451 e. The Morgan fingerprint density at radius 1 is 1.39 bits per heavy atom. The van der Waals surface area contributed by atoms with Crippen molar-refractivity contribution < 1.29 is 42.4 Å². The number of aliphatic hydroxyl groups is 3. The highest BCUT2D eigenvalue weighted by atomic mass is 19.4. The number of halogens is 4. The molecule has 3 heterocycles. The van der Waals surface area contributed by atoms with Crippen LogP contribution in [-0.4, -0.2) is 74.9 Å². The van der Waals surface area contributed by atoms with Crippen LogP contribution in [0.25, 0.3) is 0 Å². The van der Waals surface area contributed by atoms with E-state index in [2.05, 4.69) is 22.2 Å². The molecule has 0 radical (unpaired) electrons. The Morgan fingerprint density at radius 2 is 2.09 bits per heavy atom. The number of aliphatic hydroxyl groups excluding tert-OH is 1. The molecule has 14 heteroatoms. The molecule has 4 atom stereocenters. The van der Waals surface area contributed by atoms with Crippen LogP contribution in [0.1, 0.15) is 21.5 Å². The van der Waals surface area contributed by atoms with Gasteiger partial charge in [-0.05, 0) is 23.8 Å². The summed E-state index contributed by atoms with van der Waals surface area (Å²) in [5, 5.41) is 37.5. The molecule has 33 heavy (non-hydrogen) atoms. The molecule has 0 amide bonds. The summed E-state index contributed by atoms with van der Waals surface area (Å²) in [6, 6.07) is -0.0229. The number of hydrogen-bond donors (Lipinski definition) is 6. The van der Waals surface area contributed by atoms with Gasteiger partial charge in [0.25, 0.3) is 0 Å². The molecule has 3 aliphatic rings. The van der Waals surface area contributed by atoms with Crippen LogP contribution in [0.15, 0.2) is 35.6 Å². The van der Waals surface area contributed by atoms with E-state index >= 15 is 0 Å². The summed E-state index contributed by atoms with van der Waals surface area (Å²) >= 11 is 0. The number of hydrogen-bond acceptors (Lipinski definition) is 10. The number of alkyl halides is 4. The van der Waals surface area contributed by atoms with E-state index < -0.39 is 71.8 Å². The quantitative estimate of drug-likeness (QED) is 0.185. The van der Waals surface area contributed by atoms with Gasteiger partial charge >= 0.3 is 12.1 Å². The third kappa shape index (κ3) is 3.28. The third-order valence-corrected chi connectivity index (χ3v) is 6.10. The Morgan fingerprint density at radius 3 is 2.70 bits per heavy atom. The molecule has 1 aromatic rings. The first kappa shape index (κ1) is 23.1. The van der Waals surface area contributed by atoms with Crippen LogP contribution in [0.4, 0.5) is 17.6 Å². The van der Waals surface area contributed by atoms with Crippen LogP contribution in [0.5, 0.6) is 0 Å². The van der Waals surface area contributed by atoms with Crippen molar-refractivity contribution in [3.8, 4) is 0 Å². The molecule has 2 saturated heterocycles. The van der Waals surface area contributed by atoms with Crippen molar-refractivity contribution in [3.05, 3.63) is 47.3 Å². The maximum atomic E-state index is 13.4. The highest BCUT2D eigenvalue weighted by Crippen LogP contribution is 2.45. The Bertz CT molecular complexity index is 1030. The van der Waals surface area contributed by atoms with Crippen LogP contribution in [0, 0.1) is 0 Å². The molecule has 0 aromatic heterocycles. The molecule has 0 saturated carbocycles. The average molecular weight is 475 g/mol. The molecule has 1 spiro atoms. The highest BCUT2D eigenvalue weighted by Gasteiger charge is 2.74. The molecule has 180 valence electrons. The van der Waals surface area contributed by atoms with Gasteiger partial charge in [-0.3, -0.25) is 0 Å². The predicted octanol–water partition coefficient (Wildman–Crippen LogP) is -0.885. The van der Waals surface area contributed by atoms with Gasteiger partial charge in [-0.2, -0.15) is 13.2 Å². The van der Waals surface area contributed by atoms with Gasteiger partial charge in [0.2, 0.25) is 5.79 Å². The van der Waals surface area contributed by atoms with E-state index in [0.29, 0.717) is 12.1 Å². The van der Waals surface area contributed by atoms with Gasteiger partial charge < -0.3 is 41.3 Å². The van der Waals surface area contributed by atoms with Crippen LogP contribution in [0.2, 0.25) is 0 Å². The van der Waals surface area contributed by atoms with Gasteiger partial charge in [-0.15, -0.1) is 0 Å². The number of carbonyl (C=O) groups is 1. The summed E-state index contributed by atoms with van der Waals surface area (Å²) in [6.07, 6.45) is -6.43. The van der Waals surface area contributed by atoms with Crippen molar-refractivity contribution in [1.82, 2.24) is 15.5 Å². The summed E-state index contributed by atoms with van der Waals surface area (Å²) in [5.74, 6) is -4.12. The average Bonchev–Trinajstić information content (AvgIpc) is 3.21. The fourth-order valence-electron chi connectivity index (χ4n) is 4.57. The van der Waals surface area contributed by atoms with Crippen LogP contribution < -0.4 is 16.4 Å². The lowest BCUT2D eigenvalue weighted by atomic mass is 9.86. The smallest absolute Gasteiger partial charge is 0.416 e. The van der Waals surface area contributed by atoms with E-state index in [0.717, 1.165) is 6.07 Å². The SMILES string of the molecule is C=C1N[C@H]2[C@H](CO)N=C(N)N3C[C@H](OC(=O)c4ccc(C(F)(F)F)cc4CF)C(O)(O)[C@]23N1. The summed E-state index contributed by atoms with van der Waals surface area (Å²) in [7, 11) is 0. The van der Waals surface area contributed by atoms with Crippen LogP contribution in [0.3, 0.4) is 0 Å². The summed E-state index contributed by atoms with van der Waals surface area (Å²) < 4.78 is 57.4. The first-order valence-corrected chi connectivity index (χ1v) is 9.74. The van der Waals surface area contributed by atoms with Crippen molar-refractivity contribution >= 4 is 11.9 Å². The van der Waals surface area contributed by atoms with Crippen molar-refractivity contribution in [2.24, 2.45) is 10.7 Å². The van der Waals surface area contributed by atoms with Crippen LogP contribution >= 0.6 is 0 Å². The second-order valence-corrected chi connectivity index (χ2v) is 7.96. The molecule has 0 bridgehead atoms. The number of aliphatic imine (C=N–C) groups is 1. The minimum absolute atomic E-state index is 0.162. The van der Waals surface area contributed by atoms with Gasteiger partial charge in [0.1, 0.15) is 12.7 Å². The van der Waals surface area contributed by atoms with Gasteiger partial charge in [0.15, 0.2) is 17.7 Å². The number of guanidine groups is 1. The fraction of sp³-hybridized carbons (Fsp3) is 0.474. The minimum Gasteiger partial charge on any atom is -0.451 e. The molecule has 3 aliphatic heterocycles. The second-order valence-electron chi connectivity index (χ2n) is 7.96. The molecular weight excluding hydrogens is 454 g/mol. The van der Waals surface area contributed by atoms with E-state index in [1.807, 2.05) is 0 Å². The number of benzene rings is 1. The van der Waals surface area contributed by atoms with E-state index in [1.165, 1.54) is 4.90 Å². The van der Waals surface area contributed by atoms with Gasteiger partial charge in [-0.1, -0.05) is 6.58 Å². The Balaban J connectivity index is 1.67. The topological polar surface area (TPSA) is 153 Å². The lowest BCUT2D eigenvalue weighted by Crippen LogP contribution is -2.77. The molecular formula is C19H21F4N5O5. The lowest BCUT2D eigenvalue weighted by molar-refractivity contribution is -0.257. The standard InChI is InChI=1S/C19H21F4N5O5/c1-8-25-14-12(7-29)26-16(24)28-6-13(18(31,32)17(14,28)27-8)33-15(30)11-3-2-10(19(21,22)23)4-9(11)5-20/h2-4,12-14,25,27,29,31-32H,1,5-7H2,(H2,24,26)/t12-,13-,14-,17-/m0/s1. The molecule has 4 rings (SSSR count). The molecule has 10 nitrogen and oxygen atoms in total. The molecule has 2 fully saturated rings. The van der Waals surface area contributed by atoms with Crippen LogP contribution in [-0.2, 0) is 17.6 Å². The summed E-state index contributed by atoms with van der Waals surface area (Å²) in [5.41, 5.74) is 1.90. The van der Waals surface area contributed by atoms with Crippen molar-refractivity contribution in [1.29, 1.82) is 0 Å². The lowest BCUT2D eigenvalue weighted by Gasteiger charge is -2.48. The fourth-order valence-corrected chi connectivity index (χ4v) is 4.57. The highest BCUT2D eigenvalue weighted by molar-refractivity contribution is 5.91. The molecule has 0 unspecified atom stereocenters. The molecule has 7 N–H and O–H groups in total. The number of nitrogens with two attached hydrogens (primary N) is 1. The monoisotopic (exact) mass is 475 g/mol. The molecule has 1 aromatic carbocycles. The first-order chi connectivity index (χ1) is 15.4. The van der Waals surface area contributed by atoms with Crippen molar-refractivity contribution in [3.63, 3.8) is 0 Å². The minimum atomic E-state index is -4.75. The normalized spacial score (nSPS) is 30.2. The third-order valence-electron chi connectivity index (χ3n) is 6.10. The Kier molecular flexibility index (Phi) is 5.22. The summed E-state index contributed by atoms with van der Waals surface area (Å²) in [6.45, 7) is 1.42. The van der Waals surface area contributed by atoms with E-state index in [-0.39, 0.29) is 18.3 Å². The number of esters is 1. The number of carbonyl (C=O) groups excluding carboxylic acids is 1. The zero-order valence-electron chi connectivity index (χ0n) is 16.9. The zero-order chi connectivity index (χ0) is 24.3. The van der Waals surface area contributed by atoms with Gasteiger partial charge in [-0.25, -0.2) is 14.2 Å². The zero-order valence-corrected chi connectivity index (χ0v) is 16.9. The van der Waals surface area contributed by atoms with Crippen molar-refractivity contribution in [2.45, 2.75) is 42.5 Å². The Labute approximate surface area is 184 Å². The first-order valence-electron chi connectivity index (χ1n) is 9.74. The number of nitrogens with zero attached hydrogens (tertiary/aromatic N) is 2. The van der Waals surface area contributed by atoms with E-state index in [4.69, 9.17) is 10.5 Å². The maximum Gasteiger partial charge on any atom is 0.416 e. The van der Waals surface area contributed by atoms with Gasteiger partial charge in [0, 0.05) is 0 Å². The number of rotatable bonds is 4. The summed E-state index contributed by atoms with van der Waals surface area (Å²) in [4.78, 5) is 18.1. The maximum absolute atomic E-state index is 13.4. The van der Waals surface area contributed by atoms with Crippen molar-refractivity contribution in [2.75, 3.05) is 13.2 Å².